The molecule has 0 spiro atoms. The summed E-state index contributed by atoms with van der Waals surface area (Å²) in [6, 6.07) is 4.63. The van der Waals surface area contributed by atoms with E-state index in [1.165, 1.54) is 23.9 Å². The molecule has 0 aromatic heterocycles. The van der Waals surface area contributed by atoms with Gasteiger partial charge >= 0.3 is 5.97 Å². The van der Waals surface area contributed by atoms with Crippen LogP contribution in [-0.4, -0.2) is 29.3 Å². The SMILES string of the molecule is CNc1cc(SCC(=O)OC(C)(C)C)cc([N+](=O)[O-])c1. The van der Waals surface area contributed by atoms with Crippen molar-refractivity contribution in [1.82, 2.24) is 0 Å². The maximum atomic E-state index is 11.6. The average molecular weight is 298 g/mol. The number of ether oxygens (including phenoxy) is 1. The number of nitrogens with zero attached hydrogens (tertiary/aromatic N) is 1. The van der Waals surface area contributed by atoms with Gasteiger partial charge in [-0.1, -0.05) is 0 Å². The highest BCUT2D eigenvalue weighted by atomic mass is 32.2. The van der Waals surface area contributed by atoms with Gasteiger partial charge in [0.2, 0.25) is 0 Å². The number of nitrogens with one attached hydrogen (secondary N) is 1. The number of anilines is 1. The highest BCUT2D eigenvalue weighted by Gasteiger charge is 2.17. The summed E-state index contributed by atoms with van der Waals surface area (Å²) in [6.07, 6.45) is 0. The van der Waals surface area contributed by atoms with E-state index in [2.05, 4.69) is 5.32 Å². The van der Waals surface area contributed by atoms with E-state index >= 15 is 0 Å². The first-order valence-corrected chi connectivity index (χ1v) is 7.02. The van der Waals surface area contributed by atoms with E-state index in [-0.39, 0.29) is 17.4 Å². The Balaban J connectivity index is 2.75. The smallest absolute Gasteiger partial charge is 0.316 e. The second kappa shape index (κ2) is 6.60. The second-order valence-corrected chi connectivity index (χ2v) is 6.15. The first-order valence-electron chi connectivity index (χ1n) is 6.03. The molecule has 1 aromatic carbocycles. The van der Waals surface area contributed by atoms with Crippen molar-refractivity contribution in [3.05, 3.63) is 28.3 Å². The lowest BCUT2D eigenvalue weighted by atomic mass is 10.2. The lowest BCUT2D eigenvalue weighted by molar-refractivity contribution is -0.385. The van der Waals surface area contributed by atoms with Crippen LogP contribution in [0.15, 0.2) is 23.1 Å². The molecule has 0 aliphatic carbocycles. The third-order valence-corrected chi connectivity index (χ3v) is 3.12. The Morgan fingerprint density at radius 2 is 2.05 bits per heavy atom. The molecular weight excluding hydrogens is 280 g/mol. The van der Waals surface area contributed by atoms with Crippen LogP contribution in [0.1, 0.15) is 20.8 Å². The van der Waals surface area contributed by atoms with Gasteiger partial charge in [0.1, 0.15) is 5.60 Å². The molecule has 1 rings (SSSR count). The minimum Gasteiger partial charge on any atom is -0.459 e. The van der Waals surface area contributed by atoms with Crippen LogP contribution in [0.2, 0.25) is 0 Å². The maximum absolute atomic E-state index is 11.6. The lowest BCUT2D eigenvalue weighted by Gasteiger charge is -2.19. The monoisotopic (exact) mass is 298 g/mol. The van der Waals surface area contributed by atoms with Crippen LogP contribution in [-0.2, 0) is 9.53 Å². The van der Waals surface area contributed by atoms with Crippen LogP contribution in [0.3, 0.4) is 0 Å². The van der Waals surface area contributed by atoms with Gasteiger partial charge in [0.25, 0.3) is 5.69 Å². The summed E-state index contributed by atoms with van der Waals surface area (Å²) < 4.78 is 5.18. The van der Waals surface area contributed by atoms with Crippen molar-refractivity contribution >= 4 is 29.1 Å². The van der Waals surface area contributed by atoms with E-state index < -0.39 is 10.5 Å². The molecule has 1 aromatic rings. The number of esters is 1. The van der Waals surface area contributed by atoms with Gasteiger partial charge in [0.15, 0.2) is 0 Å². The zero-order valence-electron chi connectivity index (χ0n) is 11.9. The molecule has 0 heterocycles. The topological polar surface area (TPSA) is 81.5 Å². The van der Waals surface area contributed by atoms with Gasteiger partial charge in [0.05, 0.1) is 10.7 Å². The number of nitro benzene ring substituents is 1. The molecular formula is C13H18N2O4S. The van der Waals surface area contributed by atoms with Crippen molar-refractivity contribution < 1.29 is 14.5 Å². The van der Waals surface area contributed by atoms with E-state index in [1.54, 1.807) is 33.9 Å². The van der Waals surface area contributed by atoms with Gasteiger partial charge in [-0.15, -0.1) is 11.8 Å². The molecule has 6 nitrogen and oxygen atoms in total. The molecule has 0 aliphatic rings. The number of rotatable bonds is 5. The number of nitro groups is 1. The van der Waals surface area contributed by atoms with Gasteiger partial charge in [-0.2, -0.15) is 0 Å². The van der Waals surface area contributed by atoms with E-state index in [0.717, 1.165) is 0 Å². The molecule has 0 amide bonds. The van der Waals surface area contributed by atoms with Crippen molar-refractivity contribution in [3.8, 4) is 0 Å². The van der Waals surface area contributed by atoms with Crippen LogP contribution in [0, 0.1) is 10.1 Å². The summed E-state index contributed by atoms with van der Waals surface area (Å²) in [7, 11) is 1.68. The minimum atomic E-state index is -0.531. The molecule has 1 N–H and O–H groups in total. The lowest BCUT2D eigenvalue weighted by Crippen LogP contribution is -2.24. The number of benzene rings is 1. The number of non-ortho nitro benzene ring substituents is 1. The highest BCUT2D eigenvalue weighted by molar-refractivity contribution is 8.00. The van der Waals surface area contributed by atoms with Crippen LogP contribution < -0.4 is 5.32 Å². The molecule has 0 fully saturated rings. The summed E-state index contributed by atoms with van der Waals surface area (Å²) >= 11 is 1.21. The number of hydrogen-bond acceptors (Lipinski definition) is 6. The Hall–Kier alpha value is -1.76. The van der Waals surface area contributed by atoms with Gasteiger partial charge in [-0.05, 0) is 26.8 Å². The van der Waals surface area contributed by atoms with Crippen molar-refractivity contribution in [1.29, 1.82) is 0 Å². The largest absolute Gasteiger partial charge is 0.459 e. The van der Waals surface area contributed by atoms with E-state index in [4.69, 9.17) is 4.74 Å². The summed E-state index contributed by atoms with van der Waals surface area (Å²) in [6.45, 7) is 5.38. The molecule has 20 heavy (non-hydrogen) atoms. The van der Waals surface area contributed by atoms with Crippen molar-refractivity contribution in [3.63, 3.8) is 0 Å². The van der Waals surface area contributed by atoms with Crippen molar-refractivity contribution in [2.24, 2.45) is 0 Å². The van der Waals surface area contributed by atoms with Crippen molar-refractivity contribution in [2.75, 3.05) is 18.1 Å². The van der Waals surface area contributed by atoms with E-state index in [9.17, 15) is 14.9 Å². The molecule has 0 bridgehead atoms. The van der Waals surface area contributed by atoms with Crippen LogP contribution in [0.4, 0.5) is 11.4 Å². The zero-order chi connectivity index (χ0) is 15.3. The Labute approximate surface area is 122 Å². The predicted molar refractivity (Wildman–Crippen MR) is 79.2 cm³/mol. The van der Waals surface area contributed by atoms with Gasteiger partial charge < -0.3 is 10.1 Å². The van der Waals surface area contributed by atoms with Gasteiger partial charge in [-0.25, -0.2) is 0 Å². The summed E-state index contributed by atoms with van der Waals surface area (Å²) in [4.78, 5) is 22.6. The van der Waals surface area contributed by atoms with Crippen LogP contribution >= 0.6 is 11.8 Å². The number of carbonyl (C=O) groups excluding carboxylic acids is 1. The Morgan fingerprint density at radius 1 is 1.40 bits per heavy atom. The fourth-order valence-corrected chi connectivity index (χ4v) is 2.19. The number of thioether (sulfide) groups is 1. The quantitative estimate of drug-likeness (QED) is 0.389. The fourth-order valence-electron chi connectivity index (χ4n) is 1.43. The summed E-state index contributed by atoms with van der Waals surface area (Å²) in [5.74, 6) is -0.235. The van der Waals surface area contributed by atoms with E-state index in [1.807, 2.05) is 0 Å². The minimum absolute atomic E-state index is 0.0106. The van der Waals surface area contributed by atoms with Crippen LogP contribution in [0.25, 0.3) is 0 Å². The van der Waals surface area contributed by atoms with Gasteiger partial charge in [0, 0.05) is 29.8 Å². The Kier molecular flexibility index (Phi) is 5.38. The normalized spacial score (nSPS) is 11.0. The number of carbonyl (C=O) groups is 1. The third-order valence-electron chi connectivity index (χ3n) is 2.17. The molecule has 0 saturated heterocycles. The van der Waals surface area contributed by atoms with E-state index in [0.29, 0.717) is 10.6 Å². The number of hydrogen-bond donors (Lipinski definition) is 1. The first-order chi connectivity index (χ1) is 9.21. The molecule has 0 atom stereocenters. The molecule has 0 saturated carbocycles. The molecule has 0 radical (unpaired) electrons. The Morgan fingerprint density at radius 3 is 2.55 bits per heavy atom. The Bertz CT molecular complexity index is 512. The highest BCUT2D eigenvalue weighted by Crippen LogP contribution is 2.28. The van der Waals surface area contributed by atoms with Gasteiger partial charge in [-0.3, -0.25) is 14.9 Å². The third kappa shape index (κ3) is 5.48. The fraction of sp³-hybridized carbons (Fsp3) is 0.462. The van der Waals surface area contributed by atoms with Crippen LogP contribution in [0.5, 0.6) is 0 Å². The molecule has 0 unspecified atom stereocenters. The molecule has 7 heteroatoms. The zero-order valence-corrected chi connectivity index (χ0v) is 12.7. The van der Waals surface area contributed by atoms with Crippen molar-refractivity contribution in [2.45, 2.75) is 31.3 Å². The second-order valence-electron chi connectivity index (χ2n) is 5.10. The summed E-state index contributed by atoms with van der Waals surface area (Å²) in [5.41, 5.74) is 0.0886. The predicted octanol–water partition coefficient (Wildman–Crippen LogP) is 3.07. The molecule has 110 valence electrons. The standard InChI is InChI=1S/C13H18N2O4S/c1-13(2,3)19-12(16)8-20-11-6-9(14-4)5-10(7-11)15(17)18/h5-7,14H,8H2,1-4H3. The maximum Gasteiger partial charge on any atom is 0.316 e. The average Bonchev–Trinajstić information content (AvgIpc) is 2.33. The first kappa shape index (κ1) is 16.3. The summed E-state index contributed by atoms with van der Waals surface area (Å²) in [5, 5.41) is 13.7. The molecule has 0 aliphatic heterocycles.